The van der Waals surface area contributed by atoms with Gasteiger partial charge in [0.25, 0.3) is 0 Å². The summed E-state index contributed by atoms with van der Waals surface area (Å²) >= 11 is 6.37. The van der Waals surface area contributed by atoms with Crippen molar-refractivity contribution in [3.05, 3.63) is 115 Å². The second-order valence-corrected chi connectivity index (χ2v) is 26.1. The van der Waals surface area contributed by atoms with Crippen molar-refractivity contribution in [3.63, 3.8) is 0 Å². The minimum Gasteiger partial charge on any atom is -0.481 e. The van der Waals surface area contributed by atoms with Crippen molar-refractivity contribution < 1.29 is 58.6 Å². The Labute approximate surface area is 442 Å². The SMILES string of the molecule is CC(C)(C)c1cc2c(OCC(=O)O)c(c1)CSCc1cc(C(C)(C)C)cc(c1OCC(=O)O)CSCc1cc(C(C)(C)C)cc(c1OCC(=O)O)CSCc1cc(C(C)(C)C)cc(c1OCC(=O)O)CSC2. The summed E-state index contributed by atoms with van der Waals surface area (Å²) in [4.78, 5) is 48.3. The Morgan fingerprint density at radius 2 is 0.472 bits per heavy atom. The van der Waals surface area contributed by atoms with Crippen LogP contribution in [0.15, 0.2) is 48.5 Å². The molecule has 0 aliphatic carbocycles. The molecule has 5 rings (SSSR count). The van der Waals surface area contributed by atoms with Crippen molar-refractivity contribution in [2.75, 3.05) is 26.4 Å². The summed E-state index contributed by atoms with van der Waals surface area (Å²) in [7, 11) is 0. The van der Waals surface area contributed by atoms with Gasteiger partial charge in [-0.1, -0.05) is 132 Å². The Kier molecular flexibility index (Phi) is 19.9. The van der Waals surface area contributed by atoms with Gasteiger partial charge >= 0.3 is 23.9 Å². The van der Waals surface area contributed by atoms with Gasteiger partial charge in [-0.15, -0.1) is 0 Å². The third-order valence-corrected chi connectivity index (χ3v) is 16.0. The Morgan fingerprint density at radius 1 is 0.333 bits per heavy atom. The molecular formula is C56H72O12S4. The van der Waals surface area contributed by atoms with Gasteiger partial charge in [-0.25, -0.2) is 19.2 Å². The lowest BCUT2D eigenvalue weighted by Crippen LogP contribution is -2.16. The first kappa shape index (κ1) is 58.3. The highest BCUT2D eigenvalue weighted by Gasteiger charge is 2.27. The van der Waals surface area contributed by atoms with Crippen LogP contribution >= 0.6 is 47.0 Å². The smallest absolute Gasteiger partial charge is 0.341 e. The minimum absolute atomic E-state index is 0.276. The lowest BCUT2D eigenvalue weighted by Gasteiger charge is -2.26. The van der Waals surface area contributed by atoms with Crippen LogP contribution in [0.5, 0.6) is 23.0 Å². The van der Waals surface area contributed by atoms with Gasteiger partial charge in [0.05, 0.1) is 0 Å². The van der Waals surface area contributed by atoms with Gasteiger partial charge in [-0.2, -0.15) is 47.0 Å². The van der Waals surface area contributed by atoms with Crippen molar-refractivity contribution >= 4 is 70.9 Å². The standard InChI is InChI=1S/C56H72O12S4/c1-53(2,3)41-13-33-25-69-27-35-15-42(54(4,5)6)17-37(50(35)66-22-46(59)60)29-71-31-39-19-44(56(10,11)12)20-40(52(39)68-24-48(63)64)32-72-30-38-18-43(55(7,8)9)16-36(51(38)67-23-47(61)62)28-70-26-34(14-41)49(33)65-21-45(57)58/h13-20H,21-32H2,1-12H3,(H,57,58)(H,59,60)(H,61,62)(H,63,64). The van der Waals surface area contributed by atoms with E-state index in [4.69, 9.17) is 18.9 Å². The number of carboxylic acids is 4. The maximum Gasteiger partial charge on any atom is 0.341 e. The van der Waals surface area contributed by atoms with E-state index < -0.39 is 50.3 Å². The maximum atomic E-state index is 12.1. The molecule has 0 saturated carbocycles. The molecule has 0 aromatic heterocycles. The van der Waals surface area contributed by atoms with Crippen LogP contribution in [0.2, 0.25) is 0 Å². The molecule has 0 unspecified atom stereocenters. The van der Waals surface area contributed by atoms with Gasteiger partial charge in [0.2, 0.25) is 0 Å². The molecule has 4 N–H and O–H groups in total. The number of hydrogen-bond acceptors (Lipinski definition) is 12. The molecule has 12 nitrogen and oxygen atoms in total. The Balaban J connectivity index is 1.76. The average molecular weight is 1070 g/mol. The number of hydrogen-bond donors (Lipinski definition) is 4. The molecule has 392 valence electrons. The molecular weight excluding hydrogens is 993 g/mol. The summed E-state index contributed by atoms with van der Waals surface area (Å²) in [6.45, 7) is 23.4. The van der Waals surface area contributed by atoms with Gasteiger partial charge in [-0.3, -0.25) is 0 Å². The first-order chi connectivity index (χ1) is 33.5. The van der Waals surface area contributed by atoms with Gasteiger partial charge in [0, 0.05) is 90.5 Å². The van der Waals surface area contributed by atoms with Gasteiger partial charge in [0.15, 0.2) is 26.4 Å². The lowest BCUT2D eigenvalue weighted by molar-refractivity contribution is -0.140. The normalized spacial score (nSPS) is 14.4. The number of benzene rings is 4. The molecule has 4 aromatic carbocycles. The van der Waals surface area contributed by atoms with E-state index in [2.05, 4.69) is 132 Å². The number of aliphatic carboxylic acids is 4. The van der Waals surface area contributed by atoms with Crippen LogP contribution in [0.1, 0.15) is 150 Å². The molecule has 0 atom stereocenters. The number of thioether (sulfide) groups is 4. The van der Waals surface area contributed by atoms with Crippen LogP contribution in [0.3, 0.4) is 0 Å². The molecule has 0 spiro atoms. The fourth-order valence-corrected chi connectivity index (χ4v) is 11.9. The summed E-state index contributed by atoms with van der Waals surface area (Å²) in [5, 5.41) is 39.5. The second kappa shape index (κ2) is 24.6. The number of rotatable bonds is 12. The summed E-state index contributed by atoms with van der Waals surface area (Å²) in [5.74, 6) is 1.06. The molecule has 0 amide bonds. The van der Waals surface area contributed by atoms with Crippen LogP contribution in [0.25, 0.3) is 0 Å². The molecule has 0 fully saturated rings. The molecule has 8 bridgehead atoms. The van der Waals surface area contributed by atoms with E-state index in [1.807, 2.05) is 0 Å². The lowest BCUT2D eigenvalue weighted by atomic mass is 9.85. The quantitative estimate of drug-likeness (QED) is 0.105. The number of carbonyl (C=O) groups is 4. The maximum absolute atomic E-state index is 12.1. The van der Waals surface area contributed by atoms with E-state index in [1.54, 1.807) is 47.0 Å². The van der Waals surface area contributed by atoms with Crippen molar-refractivity contribution in [2.24, 2.45) is 0 Å². The van der Waals surface area contributed by atoms with Crippen LogP contribution in [0.4, 0.5) is 0 Å². The summed E-state index contributed by atoms with van der Waals surface area (Å²) in [5.41, 5.74) is 9.70. The zero-order valence-electron chi connectivity index (χ0n) is 43.8. The third-order valence-electron chi connectivity index (χ3n) is 11.9. The highest BCUT2D eigenvalue weighted by atomic mass is 32.2. The molecule has 0 saturated heterocycles. The van der Waals surface area contributed by atoms with E-state index in [0.717, 1.165) is 66.8 Å². The monoisotopic (exact) mass is 1060 g/mol. The van der Waals surface area contributed by atoms with Gasteiger partial charge in [-0.05, 0) is 43.9 Å². The van der Waals surface area contributed by atoms with Crippen LogP contribution in [-0.2, 0) is 86.9 Å². The van der Waals surface area contributed by atoms with E-state index in [1.165, 1.54) is 0 Å². The van der Waals surface area contributed by atoms with Crippen molar-refractivity contribution in [1.82, 2.24) is 0 Å². The van der Waals surface area contributed by atoms with Gasteiger partial charge in [0.1, 0.15) is 23.0 Å². The molecule has 16 heteroatoms. The largest absolute Gasteiger partial charge is 0.481 e. The zero-order chi connectivity index (χ0) is 53.3. The predicted molar refractivity (Wildman–Crippen MR) is 293 cm³/mol. The van der Waals surface area contributed by atoms with E-state index in [9.17, 15) is 39.6 Å². The molecule has 1 aliphatic heterocycles. The Hall–Kier alpha value is -4.64. The number of ether oxygens (including phenoxy) is 4. The molecule has 1 aliphatic rings. The topological polar surface area (TPSA) is 186 Å². The molecule has 72 heavy (non-hydrogen) atoms. The molecule has 4 aromatic rings. The van der Waals surface area contributed by atoms with E-state index in [-0.39, 0.29) is 21.7 Å². The third kappa shape index (κ3) is 16.7. The predicted octanol–water partition coefficient (Wildman–Crippen LogP) is 12.8. The fraction of sp³-hybridized carbons (Fsp3) is 0.500. The number of fused-ring (bicyclic) bond motifs is 8. The Morgan fingerprint density at radius 3 is 0.583 bits per heavy atom. The molecule has 1 heterocycles. The number of carboxylic acid groups (broad SMARTS) is 4. The Bertz CT molecular complexity index is 2160. The highest BCUT2D eigenvalue weighted by molar-refractivity contribution is 7.98. The zero-order valence-corrected chi connectivity index (χ0v) is 47.1. The van der Waals surface area contributed by atoms with Crippen molar-refractivity contribution in [1.29, 1.82) is 0 Å². The molecule has 0 radical (unpaired) electrons. The highest BCUT2D eigenvalue weighted by Crippen LogP contribution is 2.44. The second-order valence-electron chi connectivity index (χ2n) is 22.2. The van der Waals surface area contributed by atoms with Crippen LogP contribution < -0.4 is 18.9 Å². The first-order valence-corrected chi connectivity index (χ1v) is 28.5. The van der Waals surface area contributed by atoms with Crippen LogP contribution in [0, 0.1) is 0 Å². The summed E-state index contributed by atoms with van der Waals surface area (Å²) in [6, 6.07) is 16.7. The van der Waals surface area contributed by atoms with E-state index in [0.29, 0.717) is 69.0 Å². The van der Waals surface area contributed by atoms with E-state index >= 15 is 0 Å². The summed E-state index contributed by atoms with van der Waals surface area (Å²) in [6.07, 6.45) is 0. The van der Waals surface area contributed by atoms with Crippen molar-refractivity contribution in [2.45, 2.75) is 151 Å². The average Bonchev–Trinajstić information content (AvgIpc) is 3.25. The fourth-order valence-electron chi connectivity index (χ4n) is 7.97. The van der Waals surface area contributed by atoms with Crippen molar-refractivity contribution in [3.8, 4) is 23.0 Å². The summed E-state index contributed by atoms with van der Waals surface area (Å²) < 4.78 is 24.7. The minimum atomic E-state index is -1.10. The van der Waals surface area contributed by atoms with Gasteiger partial charge < -0.3 is 39.4 Å². The van der Waals surface area contributed by atoms with Crippen LogP contribution in [-0.4, -0.2) is 70.7 Å². The first-order valence-electron chi connectivity index (χ1n) is 23.9.